The number of rotatable bonds is 4. The fourth-order valence-corrected chi connectivity index (χ4v) is 0.688. The molecule has 11 heavy (non-hydrogen) atoms. The van der Waals surface area contributed by atoms with Crippen LogP contribution in [0.2, 0.25) is 0 Å². The lowest BCUT2D eigenvalue weighted by Gasteiger charge is -2.05. The van der Waals surface area contributed by atoms with Gasteiger partial charge in [0.25, 0.3) is 0 Å². The molecule has 0 aliphatic heterocycles. The molecule has 0 aliphatic rings. The third kappa shape index (κ3) is 7.12. The molecule has 0 saturated heterocycles. The molecule has 1 atom stereocenters. The highest BCUT2D eigenvalue weighted by molar-refractivity contribution is 5.73. The molecular weight excluding hydrogens is 144 g/mol. The number of nitrogens with one attached hydrogen (secondary N) is 2. The zero-order chi connectivity index (χ0) is 8.69. The van der Waals surface area contributed by atoms with E-state index in [4.69, 9.17) is 5.11 Å². The first kappa shape index (κ1) is 10.2. The number of carbonyl (C=O) groups excluding carboxylic acids is 1. The summed E-state index contributed by atoms with van der Waals surface area (Å²) in [6.07, 6.45) is 1.26. The van der Waals surface area contributed by atoms with Gasteiger partial charge >= 0.3 is 6.03 Å². The molecule has 4 nitrogen and oxygen atoms in total. The normalized spacial score (nSPS) is 12.3. The van der Waals surface area contributed by atoms with Crippen LogP contribution in [-0.4, -0.2) is 30.8 Å². The van der Waals surface area contributed by atoms with Crippen LogP contribution in [0.25, 0.3) is 0 Å². The van der Waals surface area contributed by atoms with Crippen molar-refractivity contribution in [3.63, 3.8) is 0 Å². The molecule has 66 valence electrons. The molecule has 0 aromatic heterocycles. The predicted molar refractivity (Wildman–Crippen MR) is 43.4 cm³/mol. The van der Waals surface area contributed by atoms with Gasteiger partial charge in [-0.25, -0.2) is 4.79 Å². The molecule has 0 bridgehead atoms. The Morgan fingerprint density at radius 2 is 2.27 bits per heavy atom. The zero-order valence-electron chi connectivity index (χ0n) is 7.05. The van der Waals surface area contributed by atoms with Gasteiger partial charge in [0.1, 0.15) is 0 Å². The molecule has 0 rings (SSSR count). The van der Waals surface area contributed by atoms with Gasteiger partial charge in [0, 0.05) is 13.6 Å². The molecular formula is C7H16N2O2. The molecule has 0 saturated carbocycles. The fourth-order valence-electron chi connectivity index (χ4n) is 0.688. The van der Waals surface area contributed by atoms with Crippen molar-refractivity contribution in [3.8, 4) is 0 Å². The molecule has 4 heteroatoms. The quantitative estimate of drug-likeness (QED) is 0.510. The monoisotopic (exact) mass is 160 g/mol. The molecule has 1 unspecified atom stereocenters. The van der Waals surface area contributed by atoms with E-state index in [-0.39, 0.29) is 12.1 Å². The SMILES string of the molecule is CNC(=O)NCCCC(C)O. The highest BCUT2D eigenvalue weighted by Crippen LogP contribution is 1.92. The maximum atomic E-state index is 10.6. The second-order valence-corrected chi connectivity index (χ2v) is 2.50. The zero-order valence-corrected chi connectivity index (χ0v) is 7.05. The van der Waals surface area contributed by atoms with E-state index in [0.717, 1.165) is 12.8 Å². The van der Waals surface area contributed by atoms with Crippen molar-refractivity contribution in [1.29, 1.82) is 0 Å². The number of hydrogen-bond acceptors (Lipinski definition) is 2. The lowest BCUT2D eigenvalue weighted by atomic mass is 10.2. The topological polar surface area (TPSA) is 61.4 Å². The number of amides is 2. The molecule has 0 heterocycles. The van der Waals surface area contributed by atoms with E-state index in [1.807, 2.05) is 0 Å². The van der Waals surface area contributed by atoms with E-state index in [0.29, 0.717) is 6.54 Å². The van der Waals surface area contributed by atoms with Crippen molar-refractivity contribution in [2.75, 3.05) is 13.6 Å². The molecule has 0 spiro atoms. The third-order valence-corrected chi connectivity index (χ3v) is 1.31. The van der Waals surface area contributed by atoms with Crippen LogP contribution in [0, 0.1) is 0 Å². The largest absolute Gasteiger partial charge is 0.393 e. The minimum atomic E-state index is -0.276. The van der Waals surface area contributed by atoms with Crippen molar-refractivity contribution in [2.45, 2.75) is 25.9 Å². The van der Waals surface area contributed by atoms with Crippen LogP contribution in [0.15, 0.2) is 0 Å². The molecule has 0 aliphatic carbocycles. The minimum absolute atomic E-state index is 0.171. The lowest BCUT2D eigenvalue weighted by Crippen LogP contribution is -2.33. The average Bonchev–Trinajstić information content (AvgIpc) is 1.97. The molecule has 0 fully saturated rings. The summed E-state index contributed by atoms with van der Waals surface area (Å²) >= 11 is 0. The Bertz CT molecular complexity index is 115. The van der Waals surface area contributed by atoms with Gasteiger partial charge in [-0.15, -0.1) is 0 Å². The molecule has 0 aromatic rings. The minimum Gasteiger partial charge on any atom is -0.393 e. The number of carbonyl (C=O) groups is 1. The molecule has 2 amide bonds. The number of aliphatic hydroxyl groups excluding tert-OH is 1. The third-order valence-electron chi connectivity index (χ3n) is 1.31. The van der Waals surface area contributed by atoms with Gasteiger partial charge in [0.05, 0.1) is 6.10 Å². The second kappa shape index (κ2) is 5.97. The van der Waals surface area contributed by atoms with Gasteiger partial charge in [-0.05, 0) is 19.8 Å². The smallest absolute Gasteiger partial charge is 0.314 e. The van der Waals surface area contributed by atoms with Gasteiger partial charge in [-0.1, -0.05) is 0 Å². The second-order valence-electron chi connectivity index (χ2n) is 2.50. The Balaban J connectivity index is 3.08. The highest BCUT2D eigenvalue weighted by atomic mass is 16.3. The van der Waals surface area contributed by atoms with Gasteiger partial charge in [0.2, 0.25) is 0 Å². The Morgan fingerprint density at radius 1 is 1.64 bits per heavy atom. The van der Waals surface area contributed by atoms with Crippen LogP contribution < -0.4 is 10.6 Å². The summed E-state index contributed by atoms with van der Waals surface area (Å²) in [6.45, 7) is 2.35. The van der Waals surface area contributed by atoms with E-state index >= 15 is 0 Å². The van der Waals surface area contributed by atoms with E-state index in [2.05, 4.69) is 10.6 Å². The summed E-state index contributed by atoms with van der Waals surface area (Å²) in [6, 6.07) is -0.171. The van der Waals surface area contributed by atoms with Crippen LogP contribution in [0.3, 0.4) is 0 Å². The Hall–Kier alpha value is -0.770. The molecule has 3 N–H and O–H groups in total. The van der Waals surface area contributed by atoms with Crippen LogP contribution in [0.4, 0.5) is 4.79 Å². The van der Waals surface area contributed by atoms with Gasteiger partial charge in [0.15, 0.2) is 0 Å². The van der Waals surface area contributed by atoms with Crippen molar-refractivity contribution >= 4 is 6.03 Å². The van der Waals surface area contributed by atoms with E-state index in [9.17, 15) is 4.79 Å². The maximum Gasteiger partial charge on any atom is 0.314 e. The predicted octanol–water partition coefficient (Wildman–Crippen LogP) is 0.0764. The Labute approximate surface area is 67.0 Å². The highest BCUT2D eigenvalue weighted by Gasteiger charge is 1.96. The fraction of sp³-hybridized carbons (Fsp3) is 0.857. The van der Waals surface area contributed by atoms with Crippen LogP contribution in [-0.2, 0) is 0 Å². The average molecular weight is 160 g/mol. The Morgan fingerprint density at radius 3 is 2.73 bits per heavy atom. The maximum absolute atomic E-state index is 10.6. The first-order valence-corrected chi connectivity index (χ1v) is 3.80. The first-order valence-electron chi connectivity index (χ1n) is 3.80. The number of aliphatic hydroxyl groups is 1. The first-order chi connectivity index (χ1) is 5.16. The summed E-state index contributed by atoms with van der Waals surface area (Å²) in [5.41, 5.74) is 0. The van der Waals surface area contributed by atoms with Crippen LogP contribution >= 0.6 is 0 Å². The summed E-state index contributed by atoms with van der Waals surface area (Å²) < 4.78 is 0. The summed E-state index contributed by atoms with van der Waals surface area (Å²) in [5.74, 6) is 0. The van der Waals surface area contributed by atoms with Crippen LogP contribution in [0.5, 0.6) is 0 Å². The van der Waals surface area contributed by atoms with Crippen molar-refractivity contribution < 1.29 is 9.90 Å². The molecule has 0 radical (unpaired) electrons. The van der Waals surface area contributed by atoms with Gasteiger partial charge < -0.3 is 15.7 Å². The van der Waals surface area contributed by atoms with E-state index < -0.39 is 0 Å². The number of urea groups is 1. The van der Waals surface area contributed by atoms with E-state index in [1.165, 1.54) is 0 Å². The summed E-state index contributed by atoms with van der Waals surface area (Å²) in [7, 11) is 1.57. The molecule has 0 aromatic carbocycles. The van der Waals surface area contributed by atoms with Gasteiger partial charge in [-0.3, -0.25) is 0 Å². The van der Waals surface area contributed by atoms with Crippen LogP contribution in [0.1, 0.15) is 19.8 Å². The summed E-state index contributed by atoms with van der Waals surface area (Å²) in [5, 5.41) is 13.9. The number of hydrogen-bond donors (Lipinski definition) is 3. The van der Waals surface area contributed by atoms with E-state index in [1.54, 1.807) is 14.0 Å². The summed E-state index contributed by atoms with van der Waals surface area (Å²) in [4.78, 5) is 10.6. The standard InChI is InChI=1S/C7H16N2O2/c1-6(10)4-3-5-9-7(11)8-2/h6,10H,3-5H2,1-2H3,(H2,8,9,11). The van der Waals surface area contributed by atoms with Crippen molar-refractivity contribution in [3.05, 3.63) is 0 Å². The van der Waals surface area contributed by atoms with Crippen molar-refractivity contribution in [2.24, 2.45) is 0 Å². The van der Waals surface area contributed by atoms with Gasteiger partial charge in [-0.2, -0.15) is 0 Å². The lowest BCUT2D eigenvalue weighted by molar-refractivity contribution is 0.181. The van der Waals surface area contributed by atoms with Crippen molar-refractivity contribution in [1.82, 2.24) is 10.6 Å². The Kier molecular flexibility index (Phi) is 5.56.